The molecule has 0 aliphatic carbocycles. The van der Waals surface area contributed by atoms with Crippen molar-refractivity contribution in [3.63, 3.8) is 0 Å². The van der Waals surface area contributed by atoms with Crippen LogP contribution in [-0.4, -0.2) is 36.2 Å². The number of aliphatic hydroxyl groups excluding tert-OH is 2. The Bertz CT molecular complexity index is 455. The van der Waals surface area contributed by atoms with E-state index in [0.29, 0.717) is 0 Å². The zero-order chi connectivity index (χ0) is 13.1. The molecule has 1 aromatic carbocycles. The number of halogens is 1. The van der Waals surface area contributed by atoms with Crippen LogP contribution in [0.15, 0.2) is 24.3 Å². The first-order valence-corrected chi connectivity index (χ1v) is 6.90. The molecule has 4 nitrogen and oxygen atoms in total. The number of benzene rings is 1. The Kier molecular flexibility index (Phi) is 4.62. The molecule has 6 heteroatoms. The largest absolute Gasteiger partial charge is 0.395 e. The fourth-order valence-electron chi connectivity index (χ4n) is 1.50. The molecule has 0 saturated carbocycles. The first-order chi connectivity index (χ1) is 7.92. The maximum Gasteiger partial charge on any atom is 0.158 e. The maximum atomic E-state index is 12.7. The smallest absolute Gasteiger partial charge is 0.158 e. The summed E-state index contributed by atoms with van der Waals surface area (Å²) in [5.41, 5.74) is 0.266. The quantitative estimate of drug-likeness (QED) is 0.817. The Morgan fingerprint density at radius 2 is 1.82 bits per heavy atom. The summed E-state index contributed by atoms with van der Waals surface area (Å²) in [6.45, 7) is 0.768. The number of hydrogen-bond donors (Lipinski definition) is 2. The van der Waals surface area contributed by atoms with Crippen LogP contribution in [-0.2, 0) is 9.84 Å². The van der Waals surface area contributed by atoms with Gasteiger partial charge in [0.1, 0.15) is 11.1 Å². The third kappa shape index (κ3) is 3.24. The fraction of sp³-hybridized carbons (Fsp3) is 0.455. The highest BCUT2D eigenvalue weighted by Gasteiger charge is 2.31. The molecule has 96 valence electrons. The van der Waals surface area contributed by atoms with Crippen molar-refractivity contribution in [1.82, 2.24) is 0 Å². The van der Waals surface area contributed by atoms with Crippen LogP contribution in [0.1, 0.15) is 18.6 Å². The molecule has 0 heterocycles. The number of hydrogen-bond acceptors (Lipinski definition) is 4. The van der Waals surface area contributed by atoms with E-state index in [1.165, 1.54) is 19.1 Å². The second kappa shape index (κ2) is 5.57. The van der Waals surface area contributed by atoms with Gasteiger partial charge < -0.3 is 10.2 Å². The minimum Gasteiger partial charge on any atom is -0.395 e. The topological polar surface area (TPSA) is 74.6 Å². The average Bonchev–Trinajstić information content (AvgIpc) is 2.30. The lowest BCUT2D eigenvalue weighted by Crippen LogP contribution is -2.33. The molecule has 0 radical (unpaired) electrons. The predicted molar refractivity (Wildman–Crippen MR) is 61.7 cm³/mol. The van der Waals surface area contributed by atoms with Gasteiger partial charge in [0, 0.05) is 5.75 Å². The van der Waals surface area contributed by atoms with E-state index in [0.717, 1.165) is 12.1 Å². The highest BCUT2D eigenvalue weighted by molar-refractivity contribution is 7.92. The third-order valence-electron chi connectivity index (χ3n) is 2.61. The lowest BCUT2D eigenvalue weighted by Gasteiger charge is -2.20. The van der Waals surface area contributed by atoms with E-state index < -0.39 is 33.6 Å². The molecule has 0 aliphatic rings. The Morgan fingerprint density at radius 1 is 1.29 bits per heavy atom. The Morgan fingerprint density at radius 3 is 2.24 bits per heavy atom. The van der Waals surface area contributed by atoms with Gasteiger partial charge in [0.2, 0.25) is 0 Å². The predicted octanol–water partition coefficient (Wildman–Crippen LogP) is 0.655. The summed E-state index contributed by atoms with van der Waals surface area (Å²) >= 11 is 0. The van der Waals surface area contributed by atoms with E-state index >= 15 is 0 Å². The molecule has 0 bridgehead atoms. The van der Waals surface area contributed by atoms with Crippen LogP contribution in [0.2, 0.25) is 0 Å². The summed E-state index contributed by atoms with van der Waals surface area (Å²) in [5.74, 6) is -0.643. The molecule has 2 atom stereocenters. The highest BCUT2D eigenvalue weighted by atomic mass is 32.2. The summed E-state index contributed by atoms with van der Waals surface area (Å²) in [6, 6.07) is 4.86. The SMILES string of the molecule is CCS(=O)(=O)[C@H](CO)[C@H](O)c1ccc(F)cc1. The van der Waals surface area contributed by atoms with Gasteiger partial charge in [-0.25, -0.2) is 12.8 Å². The lowest BCUT2D eigenvalue weighted by molar-refractivity contribution is 0.138. The van der Waals surface area contributed by atoms with Crippen LogP contribution in [0.4, 0.5) is 4.39 Å². The van der Waals surface area contributed by atoms with E-state index in [1.807, 2.05) is 0 Å². The van der Waals surface area contributed by atoms with E-state index in [9.17, 15) is 17.9 Å². The van der Waals surface area contributed by atoms with Crippen molar-refractivity contribution in [2.75, 3.05) is 12.4 Å². The molecule has 17 heavy (non-hydrogen) atoms. The van der Waals surface area contributed by atoms with Gasteiger partial charge >= 0.3 is 0 Å². The first-order valence-electron chi connectivity index (χ1n) is 5.18. The molecule has 0 fully saturated rings. The first kappa shape index (κ1) is 14.1. The molecular weight excluding hydrogens is 247 g/mol. The normalized spacial score (nSPS) is 15.5. The monoisotopic (exact) mass is 262 g/mol. The lowest BCUT2D eigenvalue weighted by atomic mass is 10.1. The molecule has 0 spiro atoms. The van der Waals surface area contributed by atoms with Gasteiger partial charge in [-0.1, -0.05) is 19.1 Å². The van der Waals surface area contributed by atoms with Crippen LogP contribution in [0.5, 0.6) is 0 Å². The van der Waals surface area contributed by atoms with Gasteiger partial charge in [-0.05, 0) is 17.7 Å². The van der Waals surface area contributed by atoms with Crippen LogP contribution in [0, 0.1) is 5.82 Å². The summed E-state index contributed by atoms with van der Waals surface area (Å²) in [6.07, 6.45) is -1.36. The molecule has 2 N–H and O–H groups in total. The van der Waals surface area contributed by atoms with E-state index in [2.05, 4.69) is 0 Å². The van der Waals surface area contributed by atoms with Crippen LogP contribution in [0.25, 0.3) is 0 Å². The van der Waals surface area contributed by atoms with Gasteiger partial charge in [-0.15, -0.1) is 0 Å². The average molecular weight is 262 g/mol. The minimum atomic E-state index is -3.56. The second-order valence-corrected chi connectivity index (χ2v) is 6.18. The summed E-state index contributed by atoms with van der Waals surface area (Å²) in [7, 11) is -3.56. The van der Waals surface area contributed by atoms with Gasteiger partial charge in [0.05, 0.1) is 12.7 Å². The zero-order valence-electron chi connectivity index (χ0n) is 9.38. The fourth-order valence-corrected chi connectivity index (χ4v) is 2.70. The maximum absolute atomic E-state index is 12.7. The van der Waals surface area contributed by atoms with Gasteiger partial charge in [-0.3, -0.25) is 0 Å². The van der Waals surface area contributed by atoms with Crippen molar-refractivity contribution in [3.05, 3.63) is 35.6 Å². The number of rotatable bonds is 5. The summed E-state index contributed by atoms with van der Waals surface area (Å²) in [5, 5.41) is 17.7. The number of aliphatic hydroxyl groups is 2. The molecule has 0 aromatic heterocycles. The summed E-state index contributed by atoms with van der Waals surface area (Å²) in [4.78, 5) is 0. The highest BCUT2D eigenvalue weighted by Crippen LogP contribution is 2.22. The molecule has 0 amide bonds. The van der Waals surface area contributed by atoms with Crippen LogP contribution in [0.3, 0.4) is 0 Å². The van der Waals surface area contributed by atoms with Crippen LogP contribution < -0.4 is 0 Å². The third-order valence-corrected chi connectivity index (χ3v) is 4.74. The van der Waals surface area contributed by atoms with E-state index in [1.54, 1.807) is 0 Å². The van der Waals surface area contributed by atoms with Gasteiger partial charge in [0.15, 0.2) is 9.84 Å². The van der Waals surface area contributed by atoms with Gasteiger partial charge in [-0.2, -0.15) is 0 Å². The molecule has 0 unspecified atom stereocenters. The molecule has 1 rings (SSSR count). The van der Waals surface area contributed by atoms with Crippen molar-refractivity contribution in [2.24, 2.45) is 0 Å². The van der Waals surface area contributed by atoms with Crippen molar-refractivity contribution < 1.29 is 23.0 Å². The summed E-state index contributed by atoms with van der Waals surface area (Å²) < 4.78 is 35.9. The van der Waals surface area contributed by atoms with Gasteiger partial charge in [0.25, 0.3) is 0 Å². The molecule has 0 saturated heterocycles. The Balaban J connectivity index is 3.02. The van der Waals surface area contributed by atoms with Crippen molar-refractivity contribution >= 4 is 9.84 Å². The van der Waals surface area contributed by atoms with Crippen molar-refractivity contribution in [3.8, 4) is 0 Å². The Labute approximate surface area is 99.6 Å². The minimum absolute atomic E-state index is 0.170. The molecular formula is C11H15FO4S. The van der Waals surface area contributed by atoms with Crippen molar-refractivity contribution in [1.29, 1.82) is 0 Å². The standard InChI is InChI=1S/C11H15FO4S/c1-2-17(15,16)10(7-13)11(14)8-3-5-9(12)6-4-8/h3-6,10-11,13-14H,2,7H2,1H3/t10-,11-/m1/s1. The molecule has 1 aromatic rings. The van der Waals surface area contributed by atoms with E-state index in [4.69, 9.17) is 5.11 Å². The second-order valence-electron chi connectivity index (χ2n) is 3.67. The Hall–Kier alpha value is -0.980. The zero-order valence-corrected chi connectivity index (χ0v) is 10.2. The molecule has 0 aliphatic heterocycles. The van der Waals surface area contributed by atoms with E-state index in [-0.39, 0.29) is 11.3 Å². The van der Waals surface area contributed by atoms with Crippen molar-refractivity contribution in [2.45, 2.75) is 18.3 Å². The number of sulfone groups is 1. The van der Waals surface area contributed by atoms with Crippen LogP contribution >= 0.6 is 0 Å².